The van der Waals surface area contributed by atoms with E-state index in [-0.39, 0.29) is 12.2 Å². The quantitative estimate of drug-likeness (QED) is 0.711. The van der Waals surface area contributed by atoms with Crippen LogP contribution in [0, 0.1) is 5.82 Å². The second-order valence-electron chi connectivity index (χ2n) is 7.40. The summed E-state index contributed by atoms with van der Waals surface area (Å²) in [7, 11) is 1.52. The Bertz CT molecular complexity index is 1010. The summed E-state index contributed by atoms with van der Waals surface area (Å²) >= 11 is 0. The molecule has 0 aromatic heterocycles. The number of ether oxygens (including phenoxy) is 1. The maximum absolute atomic E-state index is 13.5. The molecule has 162 valence electrons. The monoisotopic (exact) mass is 425 g/mol. The molecule has 1 saturated heterocycles. The van der Waals surface area contributed by atoms with Crippen molar-refractivity contribution in [1.82, 2.24) is 9.80 Å². The number of piperazine rings is 1. The van der Waals surface area contributed by atoms with Crippen LogP contribution in [0.15, 0.2) is 54.2 Å². The molecule has 0 aliphatic carbocycles. The van der Waals surface area contributed by atoms with Gasteiger partial charge in [0.25, 0.3) is 11.8 Å². The largest absolute Gasteiger partial charge is 0.496 e. The first-order chi connectivity index (χ1) is 15.0. The number of aliphatic hydroxyl groups is 1. The second-order valence-corrected chi connectivity index (χ2v) is 7.40. The Kier molecular flexibility index (Phi) is 6.01. The summed E-state index contributed by atoms with van der Waals surface area (Å²) in [6.45, 7) is 3.07. The van der Waals surface area contributed by atoms with E-state index >= 15 is 0 Å². The molecule has 0 saturated carbocycles. The van der Waals surface area contributed by atoms with Gasteiger partial charge in [-0.2, -0.15) is 0 Å². The summed E-state index contributed by atoms with van der Waals surface area (Å²) in [5.41, 5.74) is 1.46. The number of nitrogens with zero attached hydrogens (tertiary/aromatic N) is 3. The molecule has 7 nitrogen and oxygen atoms in total. The van der Waals surface area contributed by atoms with Crippen molar-refractivity contribution in [3.8, 4) is 5.75 Å². The predicted molar refractivity (Wildman–Crippen MR) is 114 cm³/mol. The Hall–Kier alpha value is -3.23. The molecular formula is C23H24FN3O4. The number of aliphatic hydroxyl groups excluding tert-OH is 1. The molecule has 0 spiro atoms. The van der Waals surface area contributed by atoms with Crippen LogP contribution in [0.2, 0.25) is 0 Å². The van der Waals surface area contributed by atoms with Gasteiger partial charge < -0.3 is 14.7 Å². The molecule has 0 atom stereocenters. The average molecular weight is 425 g/mol. The number of amides is 2. The zero-order valence-electron chi connectivity index (χ0n) is 17.3. The van der Waals surface area contributed by atoms with E-state index in [1.54, 1.807) is 24.3 Å². The first-order valence-corrected chi connectivity index (χ1v) is 10.2. The van der Waals surface area contributed by atoms with Crippen molar-refractivity contribution in [2.75, 3.05) is 51.3 Å². The van der Waals surface area contributed by atoms with Crippen LogP contribution in [0.1, 0.15) is 5.56 Å². The Balaban J connectivity index is 1.77. The second kappa shape index (κ2) is 8.87. The van der Waals surface area contributed by atoms with E-state index in [2.05, 4.69) is 4.90 Å². The van der Waals surface area contributed by atoms with Crippen LogP contribution in [0.4, 0.5) is 10.1 Å². The Morgan fingerprint density at radius 3 is 2.29 bits per heavy atom. The fraction of sp³-hybridized carbons (Fsp3) is 0.304. The summed E-state index contributed by atoms with van der Waals surface area (Å²) in [6.07, 6.45) is 0. The van der Waals surface area contributed by atoms with E-state index in [1.807, 2.05) is 4.90 Å². The number of benzene rings is 2. The van der Waals surface area contributed by atoms with Gasteiger partial charge in [-0.05, 0) is 30.3 Å². The summed E-state index contributed by atoms with van der Waals surface area (Å²) in [5, 5.41) is 9.19. The topological polar surface area (TPSA) is 73.3 Å². The molecule has 2 heterocycles. The number of methoxy groups -OCH3 is 1. The maximum Gasteiger partial charge on any atom is 0.282 e. The smallest absolute Gasteiger partial charge is 0.282 e. The number of hydrogen-bond acceptors (Lipinski definition) is 6. The van der Waals surface area contributed by atoms with E-state index in [9.17, 15) is 19.1 Å². The average Bonchev–Trinajstić information content (AvgIpc) is 3.05. The van der Waals surface area contributed by atoms with Gasteiger partial charge in [-0.15, -0.1) is 0 Å². The number of carbonyl (C=O) groups is 2. The van der Waals surface area contributed by atoms with Gasteiger partial charge in [-0.1, -0.05) is 18.2 Å². The minimum absolute atomic E-state index is 0.0743. The SMILES string of the molecule is COc1ccccc1C1=C(N2CCN(CCO)CC2)C(=O)N(c2ccc(F)cc2)C1=O. The van der Waals surface area contributed by atoms with Crippen LogP contribution in [0.3, 0.4) is 0 Å². The number of β-amino-alcohol motifs (C(OH)–C–C–N with tert-alkyl or cyclic N) is 1. The van der Waals surface area contributed by atoms with Gasteiger partial charge >= 0.3 is 0 Å². The van der Waals surface area contributed by atoms with Gasteiger partial charge in [0.15, 0.2) is 0 Å². The van der Waals surface area contributed by atoms with E-state index in [0.29, 0.717) is 55.4 Å². The summed E-state index contributed by atoms with van der Waals surface area (Å²) < 4.78 is 18.9. The van der Waals surface area contributed by atoms with Gasteiger partial charge in [-0.3, -0.25) is 14.5 Å². The van der Waals surface area contributed by atoms with Crippen LogP contribution in [0.5, 0.6) is 5.75 Å². The molecule has 0 bridgehead atoms. The molecule has 31 heavy (non-hydrogen) atoms. The third kappa shape index (κ3) is 3.92. The molecule has 1 fully saturated rings. The summed E-state index contributed by atoms with van der Waals surface area (Å²) in [5.74, 6) is -0.848. The lowest BCUT2D eigenvalue weighted by atomic mass is 10.0. The highest BCUT2D eigenvalue weighted by Crippen LogP contribution is 2.38. The number of anilines is 1. The highest BCUT2D eigenvalue weighted by atomic mass is 19.1. The van der Waals surface area contributed by atoms with Crippen molar-refractivity contribution in [1.29, 1.82) is 0 Å². The first kappa shape index (κ1) is 21.0. The lowest BCUT2D eigenvalue weighted by molar-refractivity contribution is -0.120. The van der Waals surface area contributed by atoms with Gasteiger partial charge in [0, 0.05) is 38.3 Å². The predicted octanol–water partition coefficient (Wildman–Crippen LogP) is 1.73. The number of para-hydroxylation sites is 1. The molecule has 2 aliphatic heterocycles. The number of imide groups is 1. The van der Waals surface area contributed by atoms with Gasteiger partial charge in [-0.25, -0.2) is 9.29 Å². The molecule has 2 amide bonds. The molecule has 8 heteroatoms. The summed E-state index contributed by atoms with van der Waals surface area (Å²) in [6, 6.07) is 12.4. The van der Waals surface area contributed by atoms with E-state index in [0.717, 1.165) is 4.90 Å². The van der Waals surface area contributed by atoms with Crippen LogP contribution in [-0.4, -0.2) is 73.2 Å². The Morgan fingerprint density at radius 1 is 0.968 bits per heavy atom. The zero-order chi connectivity index (χ0) is 22.0. The molecule has 2 aromatic carbocycles. The number of carbonyl (C=O) groups excluding carboxylic acids is 2. The van der Waals surface area contributed by atoms with E-state index in [1.165, 1.54) is 31.4 Å². The molecule has 0 unspecified atom stereocenters. The highest BCUT2D eigenvalue weighted by molar-refractivity contribution is 6.45. The molecule has 4 rings (SSSR count). The van der Waals surface area contributed by atoms with E-state index in [4.69, 9.17) is 4.74 Å². The molecular weight excluding hydrogens is 401 g/mol. The van der Waals surface area contributed by atoms with Gasteiger partial charge in [0.2, 0.25) is 0 Å². The minimum atomic E-state index is -0.464. The van der Waals surface area contributed by atoms with Crippen molar-refractivity contribution < 1.29 is 23.8 Å². The van der Waals surface area contributed by atoms with Crippen molar-refractivity contribution in [3.05, 3.63) is 65.6 Å². The Morgan fingerprint density at radius 2 is 1.65 bits per heavy atom. The lowest BCUT2D eigenvalue weighted by Gasteiger charge is -2.36. The van der Waals surface area contributed by atoms with E-state index < -0.39 is 17.6 Å². The van der Waals surface area contributed by atoms with Crippen LogP contribution < -0.4 is 9.64 Å². The van der Waals surface area contributed by atoms with Crippen LogP contribution >= 0.6 is 0 Å². The van der Waals surface area contributed by atoms with Crippen molar-refractivity contribution in [2.45, 2.75) is 0 Å². The first-order valence-electron chi connectivity index (χ1n) is 10.2. The molecule has 2 aliphatic rings. The third-order valence-electron chi connectivity index (χ3n) is 5.63. The molecule has 2 aromatic rings. The normalized spacial score (nSPS) is 17.6. The molecule has 1 N–H and O–H groups in total. The van der Waals surface area contributed by atoms with Crippen LogP contribution in [0.25, 0.3) is 5.57 Å². The van der Waals surface area contributed by atoms with Gasteiger partial charge in [0.05, 0.1) is 25.0 Å². The fourth-order valence-electron chi connectivity index (χ4n) is 4.07. The van der Waals surface area contributed by atoms with Crippen molar-refractivity contribution in [3.63, 3.8) is 0 Å². The highest BCUT2D eigenvalue weighted by Gasteiger charge is 2.43. The van der Waals surface area contributed by atoms with Crippen molar-refractivity contribution in [2.24, 2.45) is 0 Å². The van der Waals surface area contributed by atoms with Gasteiger partial charge in [0.1, 0.15) is 17.3 Å². The number of rotatable bonds is 6. The fourth-order valence-corrected chi connectivity index (χ4v) is 4.07. The lowest BCUT2D eigenvalue weighted by Crippen LogP contribution is -2.48. The number of hydrogen-bond donors (Lipinski definition) is 1. The molecule has 0 radical (unpaired) electrons. The maximum atomic E-state index is 13.5. The number of halogens is 1. The standard InChI is InChI=1S/C23H24FN3O4/c1-31-19-5-3-2-4-18(19)20-21(26-12-10-25(11-13-26)14-15-28)23(30)27(22(20)29)17-8-6-16(24)7-9-17/h2-9,28H,10-15H2,1H3. The summed E-state index contributed by atoms with van der Waals surface area (Å²) in [4.78, 5) is 32.1. The third-order valence-corrected chi connectivity index (χ3v) is 5.63. The zero-order valence-corrected chi connectivity index (χ0v) is 17.3. The van der Waals surface area contributed by atoms with Crippen LogP contribution in [-0.2, 0) is 9.59 Å². The minimum Gasteiger partial charge on any atom is -0.496 e. The van der Waals surface area contributed by atoms with Crippen molar-refractivity contribution >= 4 is 23.1 Å². The Labute approximate surface area is 179 Å².